The normalized spacial score (nSPS) is 33.5. The minimum Gasteiger partial charge on any atom is -0.444 e. The molecule has 216 valence electrons. The second kappa shape index (κ2) is 10.0. The molecule has 12 nitrogen and oxygen atoms in total. The SMILES string of the molecule is CC(C)(C)OC(=O)NC1C[C@H]2CC[C@@H](C1)N2S(=O)(=O)N1[C@@H]2CC[C@H]1CC(NC(=O)c1cc(C3COC3)on1)C2. The fourth-order valence-electron chi connectivity index (χ4n) is 7.09. The summed E-state index contributed by atoms with van der Waals surface area (Å²) >= 11 is 0. The lowest BCUT2D eigenvalue weighted by Gasteiger charge is -2.44. The number of aromatic nitrogens is 1. The summed E-state index contributed by atoms with van der Waals surface area (Å²) in [5.41, 5.74) is -0.333. The highest BCUT2D eigenvalue weighted by atomic mass is 32.2. The number of carbonyl (C=O) groups is 2. The van der Waals surface area contributed by atoms with Gasteiger partial charge >= 0.3 is 6.09 Å². The van der Waals surface area contributed by atoms with Gasteiger partial charge in [-0.15, -0.1) is 0 Å². The zero-order valence-electron chi connectivity index (χ0n) is 22.8. The topological polar surface area (TPSA) is 143 Å². The first-order chi connectivity index (χ1) is 18.5. The molecule has 2 unspecified atom stereocenters. The van der Waals surface area contributed by atoms with E-state index in [2.05, 4.69) is 15.8 Å². The molecule has 5 saturated heterocycles. The molecule has 0 radical (unpaired) electrons. The third-order valence-electron chi connectivity index (χ3n) is 8.72. The maximum Gasteiger partial charge on any atom is 0.407 e. The molecule has 2 N–H and O–H groups in total. The molecule has 6 heterocycles. The molecule has 0 aliphatic carbocycles. The van der Waals surface area contributed by atoms with Gasteiger partial charge in [-0.25, -0.2) is 4.79 Å². The minimum atomic E-state index is -3.67. The number of ether oxygens (including phenoxy) is 2. The molecule has 1 aromatic heterocycles. The van der Waals surface area contributed by atoms with E-state index in [4.69, 9.17) is 14.0 Å². The van der Waals surface area contributed by atoms with Gasteiger partial charge in [0.05, 0.1) is 19.1 Å². The van der Waals surface area contributed by atoms with Crippen LogP contribution in [-0.4, -0.2) is 89.3 Å². The van der Waals surface area contributed by atoms with Crippen molar-refractivity contribution in [1.82, 2.24) is 24.4 Å². The Morgan fingerprint density at radius 3 is 1.90 bits per heavy atom. The summed E-state index contributed by atoms with van der Waals surface area (Å²) in [5.74, 6) is 0.521. The Kier molecular flexibility index (Phi) is 6.92. The number of nitrogens with one attached hydrogen (secondary N) is 2. The molecule has 0 aromatic carbocycles. The standard InChI is InChI=1S/C26H39N5O7S/c1-26(2,3)37-25(33)28-17-10-20-6-7-21(11-17)31(20)39(34,35)30-18-4-5-19(30)9-16(8-18)27-24(32)22-12-23(38-29-22)15-13-36-14-15/h12,15-21H,4-11,13-14H2,1-3H3,(H,27,32)(H,28,33)/t16?,17?,18-,19+,20-,21+. The number of hydrogen-bond donors (Lipinski definition) is 2. The Hall–Kier alpha value is -2.22. The predicted molar refractivity (Wildman–Crippen MR) is 139 cm³/mol. The van der Waals surface area contributed by atoms with E-state index in [1.807, 2.05) is 20.8 Å². The van der Waals surface area contributed by atoms with Crippen LogP contribution in [0.1, 0.15) is 94.3 Å². The first kappa shape index (κ1) is 27.0. The lowest BCUT2D eigenvalue weighted by Crippen LogP contribution is -2.60. The number of amides is 2. The second-order valence-corrected chi connectivity index (χ2v) is 14.5. The van der Waals surface area contributed by atoms with Crippen LogP contribution in [0, 0.1) is 0 Å². The third-order valence-corrected chi connectivity index (χ3v) is 11.0. The van der Waals surface area contributed by atoms with Crippen molar-refractivity contribution in [2.75, 3.05) is 13.2 Å². The van der Waals surface area contributed by atoms with E-state index in [1.54, 1.807) is 14.7 Å². The summed E-state index contributed by atoms with van der Waals surface area (Å²) in [6, 6.07) is 0.908. The summed E-state index contributed by atoms with van der Waals surface area (Å²) in [7, 11) is -3.67. The zero-order chi connectivity index (χ0) is 27.5. The average molecular weight is 566 g/mol. The maximum atomic E-state index is 14.0. The molecule has 39 heavy (non-hydrogen) atoms. The Balaban J connectivity index is 1.07. The fraction of sp³-hybridized carbons (Fsp3) is 0.808. The van der Waals surface area contributed by atoms with E-state index < -0.39 is 21.9 Å². The average Bonchev–Trinajstić information content (AvgIpc) is 3.46. The van der Waals surface area contributed by atoms with Gasteiger partial charge in [0.2, 0.25) is 0 Å². The Morgan fingerprint density at radius 1 is 0.923 bits per heavy atom. The highest BCUT2D eigenvalue weighted by Crippen LogP contribution is 2.44. The molecule has 5 aliphatic heterocycles. The van der Waals surface area contributed by atoms with Crippen LogP contribution >= 0.6 is 0 Å². The van der Waals surface area contributed by atoms with E-state index in [0.717, 1.165) is 25.7 Å². The van der Waals surface area contributed by atoms with E-state index >= 15 is 0 Å². The lowest BCUT2D eigenvalue weighted by atomic mass is 9.99. The van der Waals surface area contributed by atoms with Gasteiger partial charge in [0, 0.05) is 42.3 Å². The first-order valence-corrected chi connectivity index (χ1v) is 15.5. The van der Waals surface area contributed by atoms with Crippen LogP contribution in [0.25, 0.3) is 0 Å². The Bertz CT molecular complexity index is 1180. The van der Waals surface area contributed by atoms with Crippen molar-refractivity contribution in [3.8, 4) is 0 Å². The number of alkyl carbamates (subject to hydrolysis) is 1. The van der Waals surface area contributed by atoms with Gasteiger partial charge in [0.1, 0.15) is 11.4 Å². The molecule has 0 saturated carbocycles. The number of fused-ring (bicyclic) bond motifs is 4. The number of piperidine rings is 2. The summed E-state index contributed by atoms with van der Waals surface area (Å²) in [6.45, 7) is 6.62. The van der Waals surface area contributed by atoms with Gasteiger partial charge in [-0.05, 0) is 72.1 Å². The van der Waals surface area contributed by atoms with Gasteiger partial charge < -0.3 is 24.6 Å². The minimum absolute atomic E-state index is 0.102. The molecule has 6 atom stereocenters. The molecule has 5 aliphatic rings. The maximum absolute atomic E-state index is 14.0. The van der Waals surface area contributed by atoms with Crippen LogP contribution in [-0.2, 0) is 19.7 Å². The summed E-state index contributed by atoms with van der Waals surface area (Å²) in [4.78, 5) is 25.2. The molecule has 2 amide bonds. The van der Waals surface area contributed by atoms with Crippen molar-refractivity contribution in [2.45, 2.75) is 120 Å². The van der Waals surface area contributed by atoms with Crippen molar-refractivity contribution in [3.63, 3.8) is 0 Å². The molecule has 5 fully saturated rings. The molecule has 6 rings (SSSR count). The van der Waals surface area contributed by atoms with Gasteiger partial charge in [-0.2, -0.15) is 17.0 Å². The van der Waals surface area contributed by atoms with Crippen molar-refractivity contribution < 1.29 is 32.0 Å². The Morgan fingerprint density at radius 2 is 1.44 bits per heavy atom. The fourth-order valence-corrected chi connectivity index (χ4v) is 9.58. The number of carbonyl (C=O) groups excluding carboxylic acids is 2. The first-order valence-electron chi connectivity index (χ1n) is 14.1. The van der Waals surface area contributed by atoms with Crippen molar-refractivity contribution in [2.24, 2.45) is 0 Å². The molecular formula is C26H39N5O7S. The van der Waals surface area contributed by atoms with Gasteiger partial charge in [-0.3, -0.25) is 4.79 Å². The van der Waals surface area contributed by atoms with Crippen LogP contribution in [0.15, 0.2) is 10.6 Å². The van der Waals surface area contributed by atoms with Crippen LogP contribution in [0.4, 0.5) is 4.79 Å². The number of rotatable bonds is 6. The quantitative estimate of drug-likeness (QED) is 0.535. The Labute approximate surface area is 229 Å². The van der Waals surface area contributed by atoms with Crippen molar-refractivity contribution in [3.05, 3.63) is 17.5 Å². The van der Waals surface area contributed by atoms with Crippen LogP contribution in [0.5, 0.6) is 0 Å². The molecule has 13 heteroatoms. The smallest absolute Gasteiger partial charge is 0.407 e. The van der Waals surface area contributed by atoms with Gasteiger partial charge in [0.15, 0.2) is 5.69 Å². The zero-order valence-corrected chi connectivity index (χ0v) is 23.6. The molecule has 1 aromatic rings. The van der Waals surface area contributed by atoms with Crippen LogP contribution in [0.3, 0.4) is 0 Å². The van der Waals surface area contributed by atoms with Crippen molar-refractivity contribution >= 4 is 22.2 Å². The van der Waals surface area contributed by atoms with E-state index in [-0.39, 0.29) is 53.8 Å². The lowest BCUT2D eigenvalue weighted by molar-refractivity contribution is -0.00228. The second-order valence-electron chi connectivity index (χ2n) is 12.7. The summed E-state index contributed by atoms with van der Waals surface area (Å²) in [6.07, 6.45) is 5.05. The van der Waals surface area contributed by atoms with E-state index in [1.165, 1.54) is 0 Å². The van der Waals surface area contributed by atoms with Gasteiger partial charge in [-0.1, -0.05) is 5.16 Å². The highest BCUT2D eigenvalue weighted by Gasteiger charge is 2.54. The summed E-state index contributed by atoms with van der Waals surface area (Å²) < 4.78 is 47.5. The van der Waals surface area contributed by atoms with Gasteiger partial charge in [0.25, 0.3) is 16.1 Å². The third kappa shape index (κ3) is 5.30. The number of hydrogen-bond acceptors (Lipinski definition) is 8. The monoisotopic (exact) mass is 565 g/mol. The largest absolute Gasteiger partial charge is 0.444 e. The van der Waals surface area contributed by atoms with Crippen LogP contribution in [0.2, 0.25) is 0 Å². The highest BCUT2D eigenvalue weighted by molar-refractivity contribution is 7.86. The predicted octanol–water partition coefficient (Wildman–Crippen LogP) is 2.28. The molecule has 4 bridgehead atoms. The van der Waals surface area contributed by atoms with Crippen LogP contribution < -0.4 is 10.6 Å². The number of nitrogens with zero attached hydrogens (tertiary/aromatic N) is 3. The summed E-state index contributed by atoms with van der Waals surface area (Å²) in [5, 5.41) is 9.95. The van der Waals surface area contributed by atoms with E-state index in [0.29, 0.717) is 44.7 Å². The molecular weight excluding hydrogens is 526 g/mol. The van der Waals surface area contributed by atoms with E-state index in [9.17, 15) is 18.0 Å². The molecule has 0 spiro atoms. The van der Waals surface area contributed by atoms with Crippen molar-refractivity contribution in [1.29, 1.82) is 0 Å².